The summed E-state index contributed by atoms with van der Waals surface area (Å²) in [5.74, 6) is -0.335. The lowest BCUT2D eigenvalue weighted by Gasteiger charge is -2.54. The molecule has 8 heteroatoms. The lowest BCUT2D eigenvalue weighted by atomic mass is 9.65. The molecule has 0 N–H and O–H groups in total. The fourth-order valence-electron chi connectivity index (χ4n) is 7.06. The topological polar surface area (TPSA) is 65.5 Å². The van der Waals surface area contributed by atoms with Gasteiger partial charge in [-0.3, -0.25) is 4.79 Å². The minimum Gasteiger partial charge on any atom is -0.462 e. The fourth-order valence-corrected chi connectivity index (χ4v) is 7.46. The number of esters is 1. The van der Waals surface area contributed by atoms with Crippen LogP contribution in [-0.4, -0.2) is 60.8 Å². The van der Waals surface area contributed by atoms with Gasteiger partial charge in [0, 0.05) is 22.7 Å². The molecule has 1 spiro atoms. The highest BCUT2D eigenvalue weighted by molar-refractivity contribution is 9.10. The Hall–Kier alpha value is -2.71. The molecule has 6 rings (SSSR count). The SMILES string of the molecule is CCOC(=O)c1ccc(N2N=C(C)[C@]3(Cc4cc(Br)ccc4N4CC[C@H](N5CCCCC5)C[C@H]43)C2=O)cc1. The molecule has 0 unspecified atom stereocenters. The number of ether oxygens (including phenoxy) is 1. The van der Waals surface area contributed by atoms with E-state index in [9.17, 15) is 9.59 Å². The van der Waals surface area contributed by atoms with Crippen LogP contribution in [0.2, 0.25) is 0 Å². The number of piperidine rings is 2. The van der Waals surface area contributed by atoms with Gasteiger partial charge in [0.25, 0.3) is 5.91 Å². The molecule has 2 aromatic rings. The smallest absolute Gasteiger partial charge is 0.338 e. The largest absolute Gasteiger partial charge is 0.462 e. The number of carbonyl (C=O) groups excluding carboxylic acids is 2. The second-order valence-corrected chi connectivity index (χ2v) is 11.9. The average molecular weight is 580 g/mol. The van der Waals surface area contributed by atoms with Crippen LogP contribution >= 0.6 is 15.9 Å². The summed E-state index contributed by atoms with van der Waals surface area (Å²) in [6, 6.07) is 14.0. The Balaban J connectivity index is 1.36. The molecule has 200 valence electrons. The number of benzene rings is 2. The molecule has 7 nitrogen and oxygen atoms in total. The lowest BCUT2D eigenvalue weighted by molar-refractivity contribution is -0.125. The molecule has 2 aromatic carbocycles. The predicted molar refractivity (Wildman–Crippen MR) is 153 cm³/mol. The third-order valence-electron chi connectivity index (χ3n) is 8.96. The van der Waals surface area contributed by atoms with Crippen molar-refractivity contribution in [3.63, 3.8) is 0 Å². The summed E-state index contributed by atoms with van der Waals surface area (Å²) in [5.41, 5.74) is 3.73. The molecule has 1 amide bonds. The Kier molecular flexibility index (Phi) is 6.80. The molecule has 0 radical (unpaired) electrons. The van der Waals surface area contributed by atoms with Crippen molar-refractivity contribution >= 4 is 44.9 Å². The first kappa shape index (κ1) is 25.6. The van der Waals surface area contributed by atoms with Crippen LogP contribution in [0, 0.1) is 5.41 Å². The van der Waals surface area contributed by atoms with Gasteiger partial charge in [-0.1, -0.05) is 22.4 Å². The van der Waals surface area contributed by atoms with Crippen molar-refractivity contribution in [3.05, 3.63) is 58.1 Å². The molecule has 0 saturated carbocycles. The number of halogens is 1. The molecule has 38 heavy (non-hydrogen) atoms. The van der Waals surface area contributed by atoms with Crippen molar-refractivity contribution in [2.75, 3.05) is 36.1 Å². The Bertz CT molecular complexity index is 1270. The minimum atomic E-state index is -0.720. The van der Waals surface area contributed by atoms with Crippen molar-refractivity contribution < 1.29 is 14.3 Å². The molecule has 0 aromatic heterocycles. The van der Waals surface area contributed by atoms with Crippen LogP contribution in [0.25, 0.3) is 0 Å². The quantitative estimate of drug-likeness (QED) is 0.453. The lowest BCUT2D eigenvalue weighted by Crippen LogP contribution is -2.64. The van der Waals surface area contributed by atoms with Crippen LogP contribution in [0.5, 0.6) is 0 Å². The monoisotopic (exact) mass is 578 g/mol. The standard InChI is InChI=1S/C30H35BrN4O3/c1-3-38-28(36)21-7-10-24(11-8-21)35-29(37)30(20(2)32-35)19-22-17-23(31)9-12-26(22)34-16-13-25(18-27(30)34)33-14-5-4-6-15-33/h7-12,17,25,27H,3-6,13-16,18-19H2,1-2H3/t25-,27-,30-/m0/s1. The number of hydrogen-bond donors (Lipinski definition) is 0. The van der Waals surface area contributed by atoms with E-state index in [1.54, 1.807) is 36.2 Å². The molecule has 4 heterocycles. The van der Waals surface area contributed by atoms with E-state index in [4.69, 9.17) is 9.84 Å². The maximum atomic E-state index is 14.5. The number of anilines is 2. The number of likely N-dealkylation sites (tertiary alicyclic amines) is 1. The van der Waals surface area contributed by atoms with Crippen LogP contribution < -0.4 is 9.91 Å². The van der Waals surface area contributed by atoms with Gasteiger partial charge in [-0.25, -0.2) is 4.79 Å². The number of fused-ring (bicyclic) bond motifs is 4. The van der Waals surface area contributed by atoms with E-state index >= 15 is 0 Å². The first-order valence-corrected chi connectivity index (χ1v) is 14.7. The maximum absolute atomic E-state index is 14.5. The van der Waals surface area contributed by atoms with Crippen molar-refractivity contribution in [2.24, 2.45) is 10.5 Å². The highest BCUT2D eigenvalue weighted by Crippen LogP contribution is 2.50. The predicted octanol–water partition coefficient (Wildman–Crippen LogP) is 5.41. The van der Waals surface area contributed by atoms with E-state index in [1.807, 2.05) is 6.92 Å². The van der Waals surface area contributed by atoms with Gasteiger partial charge < -0.3 is 14.5 Å². The zero-order valence-corrected chi connectivity index (χ0v) is 23.7. The van der Waals surface area contributed by atoms with Gasteiger partial charge in [0.2, 0.25) is 0 Å². The molecular weight excluding hydrogens is 544 g/mol. The molecule has 0 bridgehead atoms. The zero-order valence-electron chi connectivity index (χ0n) is 22.2. The highest BCUT2D eigenvalue weighted by atomic mass is 79.9. The highest BCUT2D eigenvalue weighted by Gasteiger charge is 2.60. The van der Waals surface area contributed by atoms with Crippen LogP contribution in [-0.2, 0) is 16.0 Å². The van der Waals surface area contributed by atoms with E-state index in [0.29, 0.717) is 30.3 Å². The van der Waals surface area contributed by atoms with Crippen molar-refractivity contribution in [1.29, 1.82) is 0 Å². The van der Waals surface area contributed by atoms with E-state index < -0.39 is 5.41 Å². The molecular formula is C30H35BrN4O3. The summed E-state index contributed by atoms with van der Waals surface area (Å²) < 4.78 is 6.15. The van der Waals surface area contributed by atoms with Gasteiger partial charge in [-0.15, -0.1) is 0 Å². The van der Waals surface area contributed by atoms with Crippen LogP contribution in [0.3, 0.4) is 0 Å². The maximum Gasteiger partial charge on any atom is 0.338 e. The van der Waals surface area contributed by atoms with Crippen molar-refractivity contribution in [1.82, 2.24) is 4.90 Å². The molecule has 2 saturated heterocycles. The van der Waals surface area contributed by atoms with E-state index in [-0.39, 0.29) is 17.9 Å². The third-order valence-corrected chi connectivity index (χ3v) is 9.46. The number of rotatable bonds is 4. The van der Waals surface area contributed by atoms with Gasteiger partial charge in [0.05, 0.1) is 29.6 Å². The van der Waals surface area contributed by atoms with Crippen LogP contribution in [0.1, 0.15) is 61.9 Å². The second-order valence-electron chi connectivity index (χ2n) is 11.0. The normalized spacial score (nSPS) is 27.2. The minimum absolute atomic E-state index is 0.0267. The zero-order chi connectivity index (χ0) is 26.4. The summed E-state index contributed by atoms with van der Waals surface area (Å²) in [6.45, 7) is 7.40. The Morgan fingerprint density at radius 3 is 2.61 bits per heavy atom. The molecule has 4 aliphatic heterocycles. The van der Waals surface area contributed by atoms with Gasteiger partial charge in [-0.05, 0) is 107 Å². The summed E-state index contributed by atoms with van der Waals surface area (Å²) in [6.07, 6.45) is 6.57. The summed E-state index contributed by atoms with van der Waals surface area (Å²) >= 11 is 3.66. The molecule has 4 aliphatic rings. The van der Waals surface area contributed by atoms with Gasteiger partial charge in [-0.2, -0.15) is 10.1 Å². The number of nitrogens with zero attached hydrogens (tertiary/aromatic N) is 4. The number of hydrazone groups is 1. The molecule has 2 fully saturated rings. The average Bonchev–Trinajstić information content (AvgIpc) is 3.19. The summed E-state index contributed by atoms with van der Waals surface area (Å²) in [4.78, 5) is 31.8. The van der Waals surface area contributed by atoms with Crippen LogP contribution in [0.4, 0.5) is 11.4 Å². The van der Waals surface area contributed by atoms with E-state index in [0.717, 1.165) is 42.7 Å². The fraction of sp³-hybridized carbons (Fsp3) is 0.500. The Morgan fingerprint density at radius 1 is 1.11 bits per heavy atom. The van der Waals surface area contributed by atoms with E-state index in [1.165, 1.54) is 30.5 Å². The van der Waals surface area contributed by atoms with Crippen molar-refractivity contribution in [2.45, 2.75) is 64.5 Å². The number of amides is 1. The summed E-state index contributed by atoms with van der Waals surface area (Å²) in [5, 5.41) is 6.45. The van der Waals surface area contributed by atoms with Crippen LogP contribution in [0.15, 0.2) is 52.0 Å². The van der Waals surface area contributed by atoms with Gasteiger partial charge >= 0.3 is 5.97 Å². The third kappa shape index (κ3) is 4.16. The first-order valence-electron chi connectivity index (χ1n) is 13.9. The van der Waals surface area contributed by atoms with Gasteiger partial charge in [0.1, 0.15) is 5.41 Å². The molecule has 3 atom stereocenters. The molecule has 0 aliphatic carbocycles. The first-order chi connectivity index (χ1) is 18.4. The Morgan fingerprint density at radius 2 is 1.87 bits per heavy atom. The summed E-state index contributed by atoms with van der Waals surface area (Å²) in [7, 11) is 0. The second kappa shape index (κ2) is 10.1. The van der Waals surface area contributed by atoms with Gasteiger partial charge in [0.15, 0.2) is 0 Å². The Labute approximate surface area is 232 Å². The van der Waals surface area contributed by atoms with Crippen molar-refractivity contribution in [3.8, 4) is 0 Å². The van der Waals surface area contributed by atoms with E-state index in [2.05, 4.69) is 43.9 Å². The number of hydrogen-bond acceptors (Lipinski definition) is 6. The number of carbonyl (C=O) groups is 2.